The average molecular weight is 538 g/mol. The van der Waals surface area contributed by atoms with Crippen LogP contribution in [0.25, 0.3) is 0 Å². The number of para-hydroxylation sites is 1. The first kappa shape index (κ1) is 25.8. The van der Waals surface area contributed by atoms with Crippen LogP contribution < -0.4 is 10.1 Å². The Kier molecular flexibility index (Phi) is 7.70. The molecule has 1 N–H and O–H groups in total. The molecular formula is C25H20Cl2F3N3O3. The van der Waals surface area contributed by atoms with E-state index in [1.807, 2.05) is 30.3 Å². The predicted molar refractivity (Wildman–Crippen MR) is 128 cm³/mol. The molecule has 1 aliphatic rings. The van der Waals surface area contributed by atoms with Crippen LogP contribution >= 0.6 is 23.2 Å². The molecule has 2 heterocycles. The van der Waals surface area contributed by atoms with Gasteiger partial charge in [-0.1, -0.05) is 65.7 Å². The van der Waals surface area contributed by atoms with Gasteiger partial charge in [0.05, 0.1) is 16.1 Å². The smallest absolute Gasteiger partial charge is 0.405 e. The van der Waals surface area contributed by atoms with Crippen LogP contribution in [0.3, 0.4) is 0 Å². The van der Waals surface area contributed by atoms with Crippen molar-refractivity contribution >= 4 is 35.0 Å². The molecule has 2 atom stereocenters. The molecule has 6 nitrogen and oxygen atoms in total. The van der Waals surface area contributed by atoms with E-state index in [2.05, 4.69) is 15.0 Å². The van der Waals surface area contributed by atoms with Gasteiger partial charge in [-0.15, -0.1) is 13.2 Å². The number of likely N-dealkylation sites (tertiary alicyclic amines) is 1. The summed E-state index contributed by atoms with van der Waals surface area (Å²) in [7, 11) is 0. The largest absolute Gasteiger partial charge is 0.573 e. The number of hydrogen-bond acceptors (Lipinski definition) is 4. The summed E-state index contributed by atoms with van der Waals surface area (Å²) >= 11 is 11.9. The topological polar surface area (TPSA) is 71.5 Å². The predicted octanol–water partition coefficient (Wildman–Crippen LogP) is 5.72. The van der Waals surface area contributed by atoms with Crippen LogP contribution in [0.2, 0.25) is 10.2 Å². The van der Waals surface area contributed by atoms with Crippen LogP contribution in [0.5, 0.6) is 5.75 Å². The molecule has 0 radical (unpaired) electrons. The lowest BCUT2D eigenvalue weighted by Gasteiger charge is -2.39. The van der Waals surface area contributed by atoms with Crippen LogP contribution in [0.15, 0.2) is 66.9 Å². The Labute approximate surface area is 215 Å². The third kappa shape index (κ3) is 6.09. The summed E-state index contributed by atoms with van der Waals surface area (Å²) < 4.78 is 42.5. The highest BCUT2D eigenvalue weighted by atomic mass is 35.5. The van der Waals surface area contributed by atoms with Crippen molar-refractivity contribution in [2.45, 2.75) is 24.7 Å². The maximum absolute atomic E-state index is 13.1. The summed E-state index contributed by atoms with van der Waals surface area (Å²) in [5.74, 6) is -1.90. The van der Waals surface area contributed by atoms with Crippen LogP contribution in [-0.4, -0.2) is 47.2 Å². The van der Waals surface area contributed by atoms with Crippen molar-refractivity contribution in [1.29, 1.82) is 0 Å². The Bertz CT molecular complexity index is 1260. The molecule has 4 rings (SSSR count). The van der Waals surface area contributed by atoms with Gasteiger partial charge in [-0.3, -0.25) is 9.59 Å². The van der Waals surface area contributed by atoms with E-state index in [9.17, 15) is 22.8 Å². The molecule has 2 aromatic carbocycles. The molecule has 36 heavy (non-hydrogen) atoms. The van der Waals surface area contributed by atoms with Crippen molar-refractivity contribution in [2.24, 2.45) is 0 Å². The summed E-state index contributed by atoms with van der Waals surface area (Å²) in [4.78, 5) is 31.7. The van der Waals surface area contributed by atoms with E-state index in [1.54, 1.807) is 4.90 Å². The highest BCUT2D eigenvalue weighted by Crippen LogP contribution is 2.31. The quantitative estimate of drug-likeness (QED) is 0.423. The van der Waals surface area contributed by atoms with Gasteiger partial charge < -0.3 is 15.0 Å². The molecule has 1 saturated heterocycles. The summed E-state index contributed by atoms with van der Waals surface area (Å²) in [6.45, 7) is 0.558. The summed E-state index contributed by atoms with van der Waals surface area (Å²) in [5, 5.41) is 3.10. The second-order valence-corrected chi connectivity index (χ2v) is 8.94. The highest BCUT2D eigenvalue weighted by Gasteiger charge is 2.36. The third-order valence-electron chi connectivity index (χ3n) is 5.84. The van der Waals surface area contributed by atoms with Gasteiger partial charge in [0.15, 0.2) is 0 Å². The molecule has 1 fully saturated rings. The number of ether oxygens (including phenoxy) is 1. The van der Waals surface area contributed by atoms with Crippen LogP contribution in [-0.2, 0) is 0 Å². The van der Waals surface area contributed by atoms with Gasteiger partial charge in [0.1, 0.15) is 10.9 Å². The number of carbonyl (C=O) groups is 2. The first-order chi connectivity index (χ1) is 17.1. The number of carbonyl (C=O) groups excluding carboxylic acids is 2. The second-order valence-electron chi connectivity index (χ2n) is 8.18. The highest BCUT2D eigenvalue weighted by molar-refractivity contribution is 6.41. The molecule has 0 aliphatic carbocycles. The summed E-state index contributed by atoms with van der Waals surface area (Å²) in [6.07, 6.45) is -3.22. The van der Waals surface area contributed by atoms with Crippen molar-refractivity contribution in [1.82, 2.24) is 15.2 Å². The minimum Gasteiger partial charge on any atom is -0.405 e. The fraction of sp³-hybridized carbons (Fsp3) is 0.240. The number of halogens is 5. The van der Waals surface area contributed by atoms with Gasteiger partial charge in [0.2, 0.25) is 0 Å². The van der Waals surface area contributed by atoms with E-state index in [0.717, 1.165) is 11.6 Å². The van der Waals surface area contributed by atoms with E-state index < -0.39 is 24.1 Å². The molecule has 2 amide bonds. The average Bonchev–Trinajstić information content (AvgIpc) is 2.85. The number of benzene rings is 2. The van der Waals surface area contributed by atoms with E-state index in [0.29, 0.717) is 13.0 Å². The van der Waals surface area contributed by atoms with E-state index in [-0.39, 0.29) is 39.7 Å². The van der Waals surface area contributed by atoms with Crippen molar-refractivity contribution in [2.75, 3.05) is 13.1 Å². The SMILES string of the molecule is O=C(N[C@@H]1CCN(C(=O)c2cnc(Cl)c(Cl)c2)C[C@@H]1c1ccccc1)c1ccccc1OC(F)(F)F. The first-order valence-electron chi connectivity index (χ1n) is 10.9. The Hall–Kier alpha value is -3.30. The number of hydrogen-bond donors (Lipinski definition) is 1. The number of amides is 2. The lowest BCUT2D eigenvalue weighted by atomic mass is 9.85. The molecule has 0 bridgehead atoms. The molecule has 1 aliphatic heterocycles. The van der Waals surface area contributed by atoms with Crippen LogP contribution in [0, 0.1) is 0 Å². The number of piperidine rings is 1. The maximum atomic E-state index is 13.1. The van der Waals surface area contributed by atoms with Crippen molar-refractivity contribution < 1.29 is 27.5 Å². The Morgan fingerprint density at radius 2 is 1.75 bits per heavy atom. The van der Waals surface area contributed by atoms with Crippen molar-refractivity contribution in [3.63, 3.8) is 0 Å². The number of rotatable bonds is 5. The first-order valence-corrected chi connectivity index (χ1v) is 11.7. The Morgan fingerprint density at radius 3 is 2.44 bits per heavy atom. The zero-order valence-electron chi connectivity index (χ0n) is 18.6. The number of alkyl halides is 3. The summed E-state index contributed by atoms with van der Waals surface area (Å²) in [6, 6.07) is 15.4. The monoisotopic (exact) mass is 537 g/mol. The minimum atomic E-state index is -4.94. The fourth-order valence-corrected chi connectivity index (χ4v) is 4.45. The maximum Gasteiger partial charge on any atom is 0.573 e. The van der Waals surface area contributed by atoms with E-state index >= 15 is 0 Å². The number of nitrogens with zero attached hydrogens (tertiary/aromatic N) is 2. The molecular weight excluding hydrogens is 518 g/mol. The van der Waals surface area contributed by atoms with Gasteiger partial charge in [0, 0.05) is 31.2 Å². The number of nitrogens with one attached hydrogen (secondary N) is 1. The van der Waals surface area contributed by atoms with Crippen molar-refractivity contribution in [3.8, 4) is 5.75 Å². The second kappa shape index (κ2) is 10.8. The molecule has 0 saturated carbocycles. The lowest BCUT2D eigenvalue weighted by molar-refractivity contribution is -0.274. The Morgan fingerprint density at radius 1 is 1.06 bits per heavy atom. The zero-order valence-corrected chi connectivity index (χ0v) is 20.1. The van der Waals surface area contributed by atoms with Gasteiger partial charge in [-0.25, -0.2) is 4.98 Å². The number of pyridine rings is 1. The van der Waals surface area contributed by atoms with Crippen LogP contribution in [0.1, 0.15) is 38.6 Å². The van der Waals surface area contributed by atoms with Gasteiger partial charge in [-0.2, -0.15) is 0 Å². The summed E-state index contributed by atoms with van der Waals surface area (Å²) in [5.41, 5.74) is 0.909. The molecule has 11 heteroatoms. The van der Waals surface area contributed by atoms with E-state index in [4.69, 9.17) is 23.2 Å². The zero-order chi connectivity index (χ0) is 25.9. The van der Waals surface area contributed by atoms with Gasteiger partial charge in [0.25, 0.3) is 11.8 Å². The standard InChI is InChI=1S/C25H20Cl2F3N3O3/c26-19-12-16(13-31-22(19)27)24(35)33-11-10-20(18(14-33)15-6-2-1-3-7-15)32-23(34)17-8-4-5-9-21(17)36-25(28,29)30/h1-9,12-13,18,20H,10-11,14H2,(H,32,34)/t18-,20-/m1/s1. The normalized spacial score (nSPS) is 18.0. The lowest BCUT2D eigenvalue weighted by Crippen LogP contribution is -2.51. The van der Waals surface area contributed by atoms with E-state index in [1.165, 1.54) is 30.5 Å². The third-order valence-corrected chi connectivity index (χ3v) is 6.53. The fourth-order valence-electron chi connectivity index (χ4n) is 4.18. The van der Waals surface area contributed by atoms with Crippen LogP contribution in [0.4, 0.5) is 13.2 Å². The Balaban J connectivity index is 1.56. The minimum absolute atomic E-state index is 0.0894. The molecule has 0 spiro atoms. The molecule has 0 unspecified atom stereocenters. The van der Waals surface area contributed by atoms with Gasteiger partial charge >= 0.3 is 6.36 Å². The molecule has 188 valence electrons. The number of aromatic nitrogens is 1. The molecule has 1 aromatic heterocycles. The van der Waals surface area contributed by atoms with Crippen molar-refractivity contribution in [3.05, 3.63) is 93.7 Å². The molecule has 3 aromatic rings. The van der Waals surface area contributed by atoms with Gasteiger partial charge in [-0.05, 0) is 30.2 Å².